The molecule has 0 heterocycles. The summed E-state index contributed by atoms with van der Waals surface area (Å²) in [5.74, 6) is 0.342. The second-order valence-electron chi connectivity index (χ2n) is 5.85. The molecule has 1 aromatic carbocycles. The summed E-state index contributed by atoms with van der Waals surface area (Å²) in [6.07, 6.45) is 6.87. The lowest BCUT2D eigenvalue weighted by molar-refractivity contribution is -0.0512. The number of thiocarbonyl (C=S) groups is 1. The van der Waals surface area contributed by atoms with Gasteiger partial charge in [0, 0.05) is 12.6 Å². The summed E-state index contributed by atoms with van der Waals surface area (Å²) in [4.78, 5) is 0. The van der Waals surface area contributed by atoms with E-state index in [1.54, 1.807) is 12.1 Å². The molecule has 2 rings (SSSR count). The summed E-state index contributed by atoms with van der Waals surface area (Å²) >= 11 is 5.32. The molecule has 1 fully saturated rings. The Labute approximate surface area is 146 Å². The lowest BCUT2D eigenvalue weighted by Crippen LogP contribution is -2.43. The summed E-state index contributed by atoms with van der Waals surface area (Å²) in [6, 6.07) is 5.43. The molecule has 1 aliphatic rings. The number of nitrogens with one attached hydrogen (secondary N) is 2. The summed E-state index contributed by atoms with van der Waals surface area (Å²) in [7, 11) is 1.43. The summed E-state index contributed by atoms with van der Waals surface area (Å²) < 4.78 is 34.1. The Balaban J connectivity index is 1.77. The minimum atomic E-state index is -2.87. The molecule has 0 aromatic heterocycles. The number of benzene rings is 1. The Bertz CT molecular complexity index is 537. The fourth-order valence-corrected chi connectivity index (χ4v) is 3.13. The Hall–Kier alpha value is -1.63. The van der Waals surface area contributed by atoms with Crippen molar-refractivity contribution >= 4 is 17.3 Å². The largest absolute Gasteiger partial charge is 0.493 e. The lowest BCUT2D eigenvalue weighted by atomic mass is 9.96. The number of halogens is 2. The molecule has 1 aliphatic carbocycles. The van der Waals surface area contributed by atoms with Crippen molar-refractivity contribution in [1.29, 1.82) is 0 Å². The molecule has 1 aromatic rings. The highest BCUT2D eigenvalue weighted by Crippen LogP contribution is 2.29. The van der Waals surface area contributed by atoms with E-state index in [1.165, 1.54) is 45.3 Å². The van der Waals surface area contributed by atoms with Gasteiger partial charge in [-0.3, -0.25) is 0 Å². The van der Waals surface area contributed by atoms with Gasteiger partial charge in [-0.2, -0.15) is 8.78 Å². The van der Waals surface area contributed by atoms with Crippen LogP contribution in [0, 0.1) is 0 Å². The summed E-state index contributed by atoms with van der Waals surface area (Å²) in [5, 5.41) is 7.21. The average molecular weight is 358 g/mol. The summed E-state index contributed by atoms with van der Waals surface area (Å²) in [6.45, 7) is -2.20. The monoisotopic (exact) mass is 358 g/mol. The highest BCUT2D eigenvalue weighted by atomic mass is 32.1. The van der Waals surface area contributed by atoms with E-state index in [9.17, 15) is 8.78 Å². The number of ether oxygens (including phenoxy) is 2. The maximum Gasteiger partial charge on any atom is 0.387 e. The van der Waals surface area contributed by atoms with Gasteiger partial charge in [-0.05, 0) is 49.2 Å². The Morgan fingerprint density at radius 1 is 1.25 bits per heavy atom. The topological polar surface area (TPSA) is 42.5 Å². The third-order valence-corrected chi connectivity index (χ3v) is 4.35. The van der Waals surface area contributed by atoms with Gasteiger partial charge in [0.15, 0.2) is 16.6 Å². The molecule has 1 saturated carbocycles. The van der Waals surface area contributed by atoms with Gasteiger partial charge < -0.3 is 20.1 Å². The van der Waals surface area contributed by atoms with E-state index in [0.717, 1.165) is 5.56 Å². The number of methoxy groups -OCH3 is 1. The van der Waals surface area contributed by atoms with E-state index in [-0.39, 0.29) is 5.75 Å². The molecule has 0 saturated heterocycles. The predicted octanol–water partition coefficient (Wildman–Crippen LogP) is 3.64. The first-order chi connectivity index (χ1) is 11.6. The number of alkyl halides is 2. The molecule has 0 radical (unpaired) electrons. The van der Waals surface area contributed by atoms with Crippen molar-refractivity contribution in [3.05, 3.63) is 23.8 Å². The number of hydrogen-bond acceptors (Lipinski definition) is 3. The van der Waals surface area contributed by atoms with Gasteiger partial charge in [0.2, 0.25) is 0 Å². The van der Waals surface area contributed by atoms with Crippen LogP contribution in [0.4, 0.5) is 8.78 Å². The molecular weight excluding hydrogens is 334 g/mol. The minimum absolute atomic E-state index is 0.0405. The average Bonchev–Trinajstić information content (AvgIpc) is 2.56. The van der Waals surface area contributed by atoms with Crippen molar-refractivity contribution in [2.75, 3.05) is 13.7 Å². The standard InChI is InChI=1S/C17H24F2N2O2S/c1-22-15-11-12(7-8-14(15)23-16(18)19)9-10-20-17(24)21-13-5-3-2-4-6-13/h7-8,11,13,16H,2-6,9-10H2,1H3,(H2,20,21,24). The van der Waals surface area contributed by atoms with Crippen LogP contribution < -0.4 is 20.1 Å². The highest BCUT2D eigenvalue weighted by molar-refractivity contribution is 7.80. The van der Waals surface area contributed by atoms with Gasteiger partial charge >= 0.3 is 6.61 Å². The van der Waals surface area contributed by atoms with E-state index in [0.29, 0.717) is 29.9 Å². The fourth-order valence-electron chi connectivity index (χ4n) is 2.86. The van der Waals surface area contributed by atoms with E-state index in [4.69, 9.17) is 17.0 Å². The number of hydrogen-bond donors (Lipinski definition) is 2. The van der Waals surface area contributed by atoms with Crippen LogP contribution in [0.15, 0.2) is 18.2 Å². The van der Waals surface area contributed by atoms with Crippen LogP contribution in [0.1, 0.15) is 37.7 Å². The van der Waals surface area contributed by atoms with Gasteiger partial charge in [-0.25, -0.2) is 0 Å². The van der Waals surface area contributed by atoms with Crippen molar-refractivity contribution in [3.63, 3.8) is 0 Å². The minimum Gasteiger partial charge on any atom is -0.493 e. The molecule has 134 valence electrons. The molecule has 0 spiro atoms. The van der Waals surface area contributed by atoms with Crippen LogP contribution in [0.25, 0.3) is 0 Å². The first-order valence-corrected chi connectivity index (χ1v) is 8.65. The maximum atomic E-state index is 12.3. The van der Waals surface area contributed by atoms with Crippen LogP contribution >= 0.6 is 12.2 Å². The Kier molecular flexibility index (Phi) is 7.49. The Morgan fingerprint density at radius 2 is 2.00 bits per heavy atom. The van der Waals surface area contributed by atoms with Gasteiger partial charge in [-0.1, -0.05) is 25.3 Å². The molecule has 0 unspecified atom stereocenters. The third-order valence-electron chi connectivity index (χ3n) is 4.08. The van der Waals surface area contributed by atoms with Crippen molar-refractivity contribution < 1.29 is 18.3 Å². The van der Waals surface area contributed by atoms with Crippen LogP contribution in [-0.2, 0) is 6.42 Å². The normalized spacial score (nSPS) is 15.2. The van der Waals surface area contributed by atoms with E-state index < -0.39 is 6.61 Å². The Morgan fingerprint density at radius 3 is 2.67 bits per heavy atom. The smallest absolute Gasteiger partial charge is 0.387 e. The summed E-state index contributed by atoms with van der Waals surface area (Å²) in [5.41, 5.74) is 0.960. The molecule has 2 N–H and O–H groups in total. The zero-order valence-corrected chi connectivity index (χ0v) is 14.6. The van der Waals surface area contributed by atoms with Gasteiger partial charge in [-0.15, -0.1) is 0 Å². The maximum absolute atomic E-state index is 12.3. The van der Waals surface area contributed by atoms with Crippen LogP contribution in [0.3, 0.4) is 0 Å². The van der Waals surface area contributed by atoms with Crippen LogP contribution in [0.5, 0.6) is 11.5 Å². The molecular formula is C17H24F2N2O2S. The van der Waals surface area contributed by atoms with Crippen LogP contribution in [-0.4, -0.2) is 31.4 Å². The number of rotatable bonds is 7. The van der Waals surface area contributed by atoms with Gasteiger partial charge in [0.1, 0.15) is 0 Å². The van der Waals surface area contributed by atoms with E-state index >= 15 is 0 Å². The van der Waals surface area contributed by atoms with E-state index in [2.05, 4.69) is 15.4 Å². The first-order valence-electron chi connectivity index (χ1n) is 8.24. The van der Waals surface area contributed by atoms with Gasteiger partial charge in [0.25, 0.3) is 0 Å². The molecule has 0 aliphatic heterocycles. The SMILES string of the molecule is COc1cc(CCNC(=S)NC2CCCCC2)ccc1OC(F)F. The molecule has 24 heavy (non-hydrogen) atoms. The molecule has 0 atom stereocenters. The molecule has 0 amide bonds. The third kappa shape index (κ3) is 6.11. The van der Waals surface area contributed by atoms with E-state index in [1.807, 2.05) is 0 Å². The zero-order chi connectivity index (χ0) is 17.4. The molecule has 0 bridgehead atoms. The van der Waals surface area contributed by atoms with Crippen LogP contribution in [0.2, 0.25) is 0 Å². The molecule has 4 nitrogen and oxygen atoms in total. The van der Waals surface area contributed by atoms with Crippen molar-refractivity contribution in [1.82, 2.24) is 10.6 Å². The second kappa shape index (κ2) is 9.61. The lowest BCUT2D eigenvalue weighted by Gasteiger charge is -2.24. The quantitative estimate of drug-likeness (QED) is 0.729. The predicted molar refractivity (Wildman–Crippen MR) is 93.9 cm³/mol. The van der Waals surface area contributed by atoms with Crippen molar-refractivity contribution in [2.45, 2.75) is 51.2 Å². The second-order valence-corrected chi connectivity index (χ2v) is 6.26. The highest BCUT2D eigenvalue weighted by Gasteiger charge is 2.14. The zero-order valence-electron chi connectivity index (χ0n) is 13.8. The molecule has 7 heteroatoms. The fraction of sp³-hybridized carbons (Fsp3) is 0.588. The first kappa shape index (κ1) is 18.7. The van der Waals surface area contributed by atoms with Crippen molar-refractivity contribution in [2.24, 2.45) is 0 Å². The van der Waals surface area contributed by atoms with Gasteiger partial charge in [0.05, 0.1) is 7.11 Å². The van der Waals surface area contributed by atoms with Crippen molar-refractivity contribution in [3.8, 4) is 11.5 Å².